The van der Waals surface area contributed by atoms with E-state index < -0.39 is 0 Å². The predicted molar refractivity (Wildman–Crippen MR) is 107 cm³/mol. The maximum atomic E-state index is 12.9. The van der Waals surface area contributed by atoms with Crippen LogP contribution in [0.4, 0.5) is 4.39 Å². The monoisotopic (exact) mass is 387 g/mol. The van der Waals surface area contributed by atoms with Crippen LogP contribution >= 0.6 is 0 Å². The maximum Gasteiger partial charge on any atom is 0.251 e. The Morgan fingerprint density at radius 2 is 1.62 bits per heavy atom. The van der Waals surface area contributed by atoms with E-state index in [0.29, 0.717) is 23.9 Å². The number of hydrogen-bond acceptors (Lipinski definition) is 4. The number of carbonyl (C=O) groups excluding carboxylic acids is 1. The SMILES string of the molecule is Cc1ccccc1-c1nnc(-c2ccc(C(=O)NCc3ccc(F)cc3)cc2)o1. The molecule has 144 valence electrons. The number of amides is 1. The first-order valence-electron chi connectivity index (χ1n) is 9.13. The highest BCUT2D eigenvalue weighted by Crippen LogP contribution is 2.26. The number of rotatable bonds is 5. The molecule has 1 heterocycles. The lowest BCUT2D eigenvalue weighted by Gasteiger charge is -2.06. The number of carbonyl (C=O) groups is 1. The zero-order valence-electron chi connectivity index (χ0n) is 15.7. The standard InChI is InChI=1S/C23H18FN3O2/c1-15-4-2-3-5-20(15)23-27-26-22(29-23)18-10-8-17(9-11-18)21(28)25-14-16-6-12-19(24)13-7-16/h2-13H,14H2,1H3,(H,25,28). The van der Waals surface area contributed by atoms with Crippen molar-refractivity contribution in [1.29, 1.82) is 0 Å². The summed E-state index contributed by atoms with van der Waals surface area (Å²) in [5, 5.41) is 11.1. The third-order valence-electron chi connectivity index (χ3n) is 4.56. The van der Waals surface area contributed by atoms with Crippen molar-refractivity contribution in [2.45, 2.75) is 13.5 Å². The van der Waals surface area contributed by atoms with Crippen molar-refractivity contribution >= 4 is 5.91 Å². The fourth-order valence-corrected chi connectivity index (χ4v) is 2.91. The van der Waals surface area contributed by atoms with Gasteiger partial charge in [-0.05, 0) is 60.5 Å². The summed E-state index contributed by atoms with van der Waals surface area (Å²) >= 11 is 0. The van der Waals surface area contributed by atoms with E-state index in [2.05, 4.69) is 15.5 Å². The van der Waals surface area contributed by atoms with Gasteiger partial charge in [-0.1, -0.05) is 30.3 Å². The number of nitrogens with zero attached hydrogens (tertiary/aromatic N) is 2. The number of nitrogens with one attached hydrogen (secondary N) is 1. The fraction of sp³-hybridized carbons (Fsp3) is 0.0870. The Kier molecular flexibility index (Phi) is 5.16. The van der Waals surface area contributed by atoms with Crippen molar-refractivity contribution in [2.75, 3.05) is 0 Å². The van der Waals surface area contributed by atoms with Crippen molar-refractivity contribution < 1.29 is 13.6 Å². The molecule has 0 atom stereocenters. The Labute approximate surface area is 167 Å². The van der Waals surface area contributed by atoms with Gasteiger partial charge in [0.05, 0.1) is 0 Å². The van der Waals surface area contributed by atoms with E-state index in [1.807, 2.05) is 31.2 Å². The molecule has 0 aliphatic carbocycles. The Balaban J connectivity index is 1.44. The largest absolute Gasteiger partial charge is 0.416 e. The minimum absolute atomic E-state index is 0.216. The number of halogens is 1. The first-order chi connectivity index (χ1) is 14.1. The Morgan fingerprint density at radius 3 is 2.34 bits per heavy atom. The molecule has 0 aliphatic rings. The van der Waals surface area contributed by atoms with Crippen LogP contribution in [0.1, 0.15) is 21.5 Å². The molecule has 0 saturated carbocycles. The minimum atomic E-state index is -0.303. The van der Waals surface area contributed by atoms with Gasteiger partial charge in [-0.25, -0.2) is 4.39 Å². The van der Waals surface area contributed by atoms with Gasteiger partial charge in [0.15, 0.2) is 0 Å². The Bertz CT molecular complexity index is 1140. The molecular weight excluding hydrogens is 369 g/mol. The Hall–Kier alpha value is -3.80. The molecule has 29 heavy (non-hydrogen) atoms. The van der Waals surface area contributed by atoms with Gasteiger partial charge in [-0.15, -0.1) is 10.2 Å². The molecule has 4 rings (SSSR count). The number of aromatic nitrogens is 2. The molecule has 1 aromatic heterocycles. The lowest BCUT2D eigenvalue weighted by Crippen LogP contribution is -2.22. The van der Waals surface area contributed by atoms with E-state index in [1.54, 1.807) is 36.4 Å². The first kappa shape index (κ1) is 18.6. The van der Waals surface area contributed by atoms with E-state index in [1.165, 1.54) is 12.1 Å². The van der Waals surface area contributed by atoms with E-state index >= 15 is 0 Å². The van der Waals surface area contributed by atoms with E-state index in [4.69, 9.17) is 4.42 Å². The average molecular weight is 387 g/mol. The smallest absolute Gasteiger partial charge is 0.251 e. The van der Waals surface area contributed by atoms with Crippen molar-refractivity contribution in [3.63, 3.8) is 0 Å². The summed E-state index contributed by atoms with van der Waals surface area (Å²) in [6.07, 6.45) is 0. The van der Waals surface area contributed by atoms with Crippen molar-refractivity contribution in [2.24, 2.45) is 0 Å². The molecule has 0 fully saturated rings. The molecule has 0 spiro atoms. The molecule has 0 radical (unpaired) electrons. The fourth-order valence-electron chi connectivity index (χ4n) is 2.91. The molecule has 5 nitrogen and oxygen atoms in total. The third-order valence-corrected chi connectivity index (χ3v) is 4.56. The Morgan fingerprint density at radius 1 is 0.931 bits per heavy atom. The summed E-state index contributed by atoms with van der Waals surface area (Å²) < 4.78 is 18.7. The van der Waals surface area contributed by atoms with Crippen LogP contribution in [0, 0.1) is 12.7 Å². The van der Waals surface area contributed by atoms with Crippen molar-refractivity contribution in [3.8, 4) is 22.9 Å². The summed E-state index contributed by atoms with van der Waals surface area (Å²) in [5.74, 6) is 0.329. The van der Waals surface area contributed by atoms with Crippen LogP contribution in [0.15, 0.2) is 77.2 Å². The molecule has 0 saturated heterocycles. The summed E-state index contributed by atoms with van der Waals surface area (Å²) in [6, 6.07) is 20.7. The number of benzene rings is 3. The second kappa shape index (κ2) is 8.06. The normalized spacial score (nSPS) is 10.7. The number of hydrogen-bond donors (Lipinski definition) is 1. The van der Waals surface area contributed by atoms with Gasteiger partial charge in [0.2, 0.25) is 11.8 Å². The van der Waals surface area contributed by atoms with Crippen LogP contribution in [-0.2, 0) is 6.54 Å². The maximum absolute atomic E-state index is 12.9. The van der Waals surface area contributed by atoms with Gasteiger partial charge in [0.25, 0.3) is 5.91 Å². The van der Waals surface area contributed by atoms with Crippen LogP contribution in [0.3, 0.4) is 0 Å². The zero-order valence-corrected chi connectivity index (χ0v) is 15.7. The first-order valence-corrected chi connectivity index (χ1v) is 9.13. The average Bonchev–Trinajstić information content (AvgIpc) is 3.23. The second-order valence-electron chi connectivity index (χ2n) is 6.61. The van der Waals surface area contributed by atoms with E-state index in [0.717, 1.165) is 22.3 Å². The molecule has 4 aromatic rings. The van der Waals surface area contributed by atoms with E-state index in [9.17, 15) is 9.18 Å². The van der Waals surface area contributed by atoms with Crippen LogP contribution in [0.5, 0.6) is 0 Å². The molecule has 1 amide bonds. The molecule has 1 N–H and O–H groups in total. The van der Waals surface area contributed by atoms with Crippen LogP contribution in [0.2, 0.25) is 0 Å². The number of aryl methyl sites for hydroxylation is 1. The summed E-state index contributed by atoms with van der Waals surface area (Å²) in [6.45, 7) is 2.31. The highest BCUT2D eigenvalue weighted by atomic mass is 19.1. The quantitative estimate of drug-likeness (QED) is 0.535. The molecule has 0 aliphatic heterocycles. The van der Waals surface area contributed by atoms with Gasteiger partial charge in [0, 0.05) is 23.2 Å². The molecule has 0 unspecified atom stereocenters. The summed E-state index contributed by atoms with van der Waals surface area (Å²) in [4.78, 5) is 12.3. The third kappa shape index (κ3) is 4.21. The van der Waals surface area contributed by atoms with Gasteiger partial charge in [-0.2, -0.15) is 0 Å². The lowest BCUT2D eigenvalue weighted by molar-refractivity contribution is 0.0951. The van der Waals surface area contributed by atoms with E-state index in [-0.39, 0.29) is 11.7 Å². The highest BCUT2D eigenvalue weighted by Gasteiger charge is 2.13. The highest BCUT2D eigenvalue weighted by molar-refractivity contribution is 5.94. The zero-order chi connectivity index (χ0) is 20.2. The molecule has 3 aromatic carbocycles. The van der Waals surface area contributed by atoms with Gasteiger partial charge in [-0.3, -0.25) is 4.79 Å². The summed E-state index contributed by atoms with van der Waals surface area (Å²) in [5.41, 5.74) is 4.01. The van der Waals surface area contributed by atoms with Gasteiger partial charge in [0.1, 0.15) is 5.82 Å². The van der Waals surface area contributed by atoms with Crippen molar-refractivity contribution in [3.05, 3.63) is 95.3 Å². The van der Waals surface area contributed by atoms with Gasteiger partial charge < -0.3 is 9.73 Å². The van der Waals surface area contributed by atoms with Crippen molar-refractivity contribution in [1.82, 2.24) is 15.5 Å². The second-order valence-corrected chi connectivity index (χ2v) is 6.61. The van der Waals surface area contributed by atoms with Crippen LogP contribution in [-0.4, -0.2) is 16.1 Å². The van der Waals surface area contributed by atoms with Crippen LogP contribution in [0.25, 0.3) is 22.9 Å². The lowest BCUT2D eigenvalue weighted by atomic mass is 10.1. The molecular formula is C23H18FN3O2. The minimum Gasteiger partial charge on any atom is -0.416 e. The van der Waals surface area contributed by atoms with Gasteiger partial charge >= 0.3 is 0 Å². The summed E-state index contributed by atoms with van der Waals surface area (Å²) in [7, 11) is 0. The topological polar surface area (TPSA) is 68.0 Å². The predicted octanol–water partition coefficient (Wildman–Crippen LogP) is 4.78. The van der Waals surface area contributed by atoms with Crippen LogP contribution < -0.4 is 5.32 Å². The molecule has 6 heteroatoms. The molecule has 0 bridgehead atoms.